The first-order chi connectivity index (χ1) is 15.6. The van der Waals surface area contributed by atoms with Crippen molar-refractivity contribution in [1.29, 1.82) is 0 Å². The topological polar surface area (TPSA) is 67.5 Å². The maximum Gasteiger partial charge on any atom is 0.213 e. The lowest BCUT2D eigenvalue weighted by molar-refractivity contribution is 0.306. The summed E-state index contributed by atoms with van der Waals surface area (Å²) in [5.74, 6) is 0.886. The van der Waals surface area contributed by atoms with Crippen LogP contribution in [0.5, 0.6) is 11.6 Å². The third-order valence-electron chi connectivity index (χ3n) is 5.17. The van der Waals surface area contributed by atoms with Gasteiger partial charge in [0.2, 0.25) is 5.88 Å². The van der Waals surface area contributed by atoms with Crippen LogP contribution in [0, 0.1) is 0 Å². The number of furan rings is 1. The molecule has 6 heteroatoms. The number of allylic oxidation sites excluding steroid dienone is 2. The number of likely N-dealkylation sites (N-methyl/N-ethyl adjacent to an activating group) is 1. The molecule has 0 aliphatic carbocycles. The van der Waals surface area contributed by atoms with Crippen molar-refractivity contribution in [3.8, 4) is 11.6 Å². The van der Waals surface area contributed by atoms with Gasteiger partial charge >= 0.3 is 0 Å². The molecule has 0 bridgehead atoms. The summed E-state index contributed by atoms with van der Waals surface area (Å²) in [6.07, 6.45) is 5.54. The van der Waals surface area contributed by atoms with Crippen molar-refractivity contribution in [1.82, 2.24) is 10.3 Å². The minimum atomic E-state index is 0.261. The summed E-state index contributed by atoms with van der Waals surface area (Å²) < 4.78 is 11.1. The molecule has 2 aromatic carbocycles. The number of rotatable bonds is 9. The van der Waals surface area contributed by atoms with Gasteiger partial charge in [-0.2, -0.15) is 0 Å². The highest BCUT2D eigenvalue weighted by atomic mass is 35.5. The molecule has 4 rings (SSSR count). The Kier molecular flexibility index (Phi) is 7.10. The monoisotopic (exact) mass is 448 g/mol. The van der Waals surface area contributed by atoms with Crippen LogP contribution in [0.15, 0.2) is 77.4 Å². The lowest BCUT2D eigenvalue weighted by Crippen LogP contribution is -2.16. The first-order valence-corrected chi connectivity index (χ1v) is 10.9. The summed E-state index contributed by atoms with van der Waals surface area (Å²) in [5, 5.41) is 14.0. The quantitative estimate of drug-likeness (QED) is 0.324. The maximum absolute atomic E-state index is 9.61. The summed E-state index contributed by atoms with van der Waals surface area (Å²) in [6, 6.07) is 19.2. The number of nitrogens with zero attached hydrogens (tertiary/aromatic N) is 1. The Morgan fingerprint density at radius 2 is 1.91 bits per heavy atom. The Morgan fingerprint density at radius 3 is 2.66 bits per heavy atom. The average Bonchev–Trinajstić information content (AvgIpc) is 3.18. The van der Waals surface area contributed by atoms with E-state index in [1.807, 2.05) is 55.7 Å². The Bertz CT molecular complexity index is 1200. The van der Waals surface area contributed by atoms with Gasteiger partial charge in [0.25, 0.3) is 0 Å². The molecule has 0 saturated carbocycles. The number of ether oxygens (including phenoxy) is 1. The molecule has 0 aliphatic heterocycles. The van der Waals surface area contributed by atoms with E-state index in [-0.39, 0.29) is 5.75 Å². The van der Waals surface area contributed by atoms with Crippen LogP contribution in [-0.2, 0) is 12.8 Å². The van der Waals surface area contributed by atoms with E-state index in [0.29, 0.717) is 17.7 Å². The zero-order valence-corrected chi connectivity index (χ0v) is 18.6. The molecule has 32 heavy (non-hydrogen) atoms. The number of halogens is 1. The molecule has 0 atom stereocenters. The summed E-state index contributed by atoms with van der Waals surface area (Å²) in [7, 11) is 1.89. The number of aromatic nitrogens is 1. The molecule has 5 nitrogen and oxygen atoms in total. The van der Waals surface area contributed by atoms with E-state index in [4.69, 9.17) is 20.8 Å². The van der Waals surface area contributed by atoms with Gasteiger partial charge in [0.1, 0.15) is 17.9 Å². The van der Waals surface area contributed by atoms with Crippen LogP contribution in [-0.4, -0.2) is 30.3 Å². The number of fused-ring (bicyclic) bond motifs is 1. The molecule has 4 aromatic rings. The number of aromatic hydroxyl groups is 1. The van der Waals surface area contributed by atoms with Crippen LogP contribution in [0.3, 0.4) is 0 Å². The van der Waals surface area contributed by atoms with Gasteiger partial charge < -0.3 is 19.6 Å². The maximum atomic E-state index is 9.61. The summed E-state index contributed by atoms with van der Waals surface area (Å²) >= 11 is 6.03. The van der Waals surface area contributed by atoms with Crippen LogP contribution in [0.2, 0.25) is 5.22 Å². The minimum absolute atomic E-state index is 0.261. The Hall–Kier alpha value is -3.28. The first kappa shape index (κ1) is 21.9. The molecule has 164 valence electrons. The number of hydrogen-bond donors (Lipinski definition) is 2. The van der Waals surface area contributed by atoms with Crippen LogP contribution in [0.4, 0.5) is 0 Å². The summed E-state index contributed by atoms with van der Waals surface area (Å²) in [4.78, 5) is 4.40. The fraction of sp³-hybridized carbons (Fsp3) is 0.192. The molecular weight excluding hydrogens is 424 g/mol. The molecule has 2 heterocycles. The Balaban J connectivity index is 1.57. The van der Waals surface area contributed by atoms with Gasteiger partial charge in [-0.1, -0.05) is 30.3 Å². The third kappa shape index (κ3) is 5.69. The van der Waals surface area contributed by atoms with Crippen molar-refractivity contribution in [3.63, 3.8) is 0 Å². The molecule has 2 N–H and O–H groups in total. The Labute approximate surface area is 192 Å². The molecular formula is C26H25ClN2O3. The standard InChI is InChI=1S/C26H25ClN2O3/c1-28-12-13-31-26-11-5-19(17-29-26)2-6-20(14-18-3-8-23(30)9-4-18)21-7-10-24-22(15-21)16-25(27)32-24/h3-11,15-17,28,30H,2,12-14H2,1H3. The third-order valence-corrected chi connectivity index (χ3v) is 5.36. The second-order valence-corrected chi connectivity index (χ2v) is 7.91. The summed E-state index contributed by atoms with van der Waals surface area (Å²) in [5.41, 5.74) is 5.25. The molecule has 0 amide bonds. The van der Waals surface area contributed by atoms with Gasteiger partial charge in [-0.15, -0.1) is 0 Å². The van der Waals surface area contributed by atoms with Crippen molar-refractivity contribution in [3.05, 3.63) is 94.8 Å². The van der Waals surface area contributed by atoms with Crippen molar-refractivity contribution in [2.24, 2.45) is 0 Å². The van der Waals surface area contributed by atoms with E-state index < -0.39 is 0 Å². The van der Waals surface area contributed by atoms with E-state index in [0.717, 1.165) is 47.0 Å². The average molecular weight is 449 g/mol. The summed E-state index contributed by atoms with van der Waals surface area (Å²) in [6.45, 7) is 1.36. The molecule has 0 fully saturated rings. The van der Waals surface area contributed by atoms with E-state index in [1.165, 1.54) is 5.57 Å². The normalized spacial score (nSPS) is 11.8. The number of pyridine rings is 1. The number of benzene rings is 2. The lowest BCUT2D eigenvalue weighted by atomic mass is 9.95. The highest BCUT2D eigenvalue weighted by Crippen LogP contribution is 2.29. The van der Waals surface area contributed by atoms with Crippen molar-refractivity contribution < 1.29 is 14.3 Å². The van der Waals surface area contributed by atoms with Crippen LogP contribution in [0.25, 0.3) is 16.5 Å². The number of phenols is 1. The lowest BCUT2D eigenvalue weighted by Gasteiger charge is -2.10. The van der Waals surface area contributed by atoms with Gasteiger partial charge in [0, 0.05) is 30.3 Å². The van der Waals surface area contributed by atoms with Gasteiger partial charge in [0.15, 0.2) is 5.22 Å². The fourth-order valence-corrected chi connectivity index (χ4v) is 3.65. The van der Waals surface area contributed by atoms with Crippen LogP contribution >= 0.6 is 11.6 Å². The fourth-order valence-electron chi connectivity index (χ4n) is 3.45. The van der Waals surface area contributed by atoms with Gasteiger partial charge in [-0.05, 0) is 78.0 Å². The second kappa shape index (κ2) is 10.4. The predicted molar refractivity (Wildman–Crippen MR) is 128 cm³/mol. The smallest absolute Gasteiger partial charge is 0.213 e. The highest BCUT2D eigenvalue weighted by Gasteiger charge is 2.08. The van der Waals surface area contributed by atoms with Gasteiger partial charge in [0.05, 0.1) is 0 Å². The molecule has 0 aliphatic rings. The molecule has 0 saturated heterocycles. The van der Waals surface area contributed by atoms with E-state index in [1.54, 1.807) is 12.1 Å². The molecule has 0 spiro atoms. The molecule has 0 radical (unpaired) electrons. The first-order valence-electron chi connectivity index (χ1n) is 10.5. The van der Waals surface area contributed by atoms with Crippen LogP contribution < -0.4 is 10.1 Å². The second-order valence-electron chi connectivity index (χ2n) is 7.54. The van der Waals surface area contributed by atoms with Gasteiger partial charge in [-0.3, -0.25) is 0 Å². The zero-order chi connectivity index (χ0) is 22.3. The molecule has 0 unspecified atom stereocenters. The van der Waals surface area contributed by atoms with E-state index in [9.17, 15) is 5.11 Å². The van der Waals surface area contributed by atoms with Crippen LogP contribution in [0.1, 0.15) is 16.7 Å². The highest BCUT2D eigenvalue weighted by molar-refractivity contribution is 6.29. The number of nitrogens with one attached hydrogen (secondary N) is 1. The van der Waals surface area contributed by atoms with Crippen molar-refractivity contribution in [2.75, 3.05) is 20.2 Å². The SMILES string of the molecule is CNCCOc1ccc(CC=C(Cc2ccc(O)cc2)c2ccc3oc(Cl)cc3c2)cn1. The van der Waals surface area contributed by atoms with Gasteiger partial charge in [-0.25, -0.2) is 4.98 Å². The number of phenolic OH excluding ortho intramolecular Hbond substituents is 1. The number of hydrogen-bond acceptors (Lipinski definition) is 5. The van der Waals surface area contributed by atoms with E-state index in [2.05, 4.69) is 22.4 Å². The van der Waals surface area contributed by atoms with Crippen molar-refractivity contribution in [2.45, 2.75) is 12.8 Å². The minimum Gasteiger partial charge on any atom is -0.508 e. The Morgan fingerprint density at radius 1 is 1.09 bits per heavy atom. The largest absolute Gasteiger partial charge is 0.508 e. The van der Waals surface area contributed by atoms with E-state index >= 15 is 0 Å². The zero-order valence-electron chi connectivity index (χ0n) is 17.8. The molecule has 2 aromatic heterocycles. The predicted octanol–water partition coefficient (Wildman–Crippen LogP) is 5.65. The van der Waals surface area contributed by atoms with Crippen molar-refractivity contribution >= 4 is 28.1 Å².